The van der Waals surface area contributed by atoms with Crippen molar-refractivity contribution in [2.24, 2.45) is 0 Å². The third kappa shape index (κ3) is 3.24. The molecule has 3 heterocycles. The number of ether oxygens (including phenoxy) is 1. The Labute approximate surface area is 125 Å². The SMILES string of the molecule is COc1ccnc(CN2CCC(c3cn[nH]c3C)CC2)c1. The van der Waals surface area contributed by atoms with E-state index in [0.717, 1.165) is 31.1 Å². The third-order valence-electron chi connectivity index (χ3n) is 4.31. The molecule has 2 aromatic heterocycles. The van der Waals surface area contributed by atoms with Crippen LogP contribution in [0.15, 0.2) is 24.5 Å². The summed E-state index contributed by atoms with van der Waals surface area (Å²) >= 11 is 0. The molecule has 112 valence electrons. The summed E-state index contributed by atoms with van der Waals surface area (Å²) in [5.41, 5.74) is 3.67. The summed E-state index contributed by atoms with van der Waals surface area (Å²) < 4.78 is 5.25. The maximum absolute atomic E-state index is 5.25. The van der Waals surface area contributed by atoms with Crippen LogP contribution >= 0.6 is 0 Å². The molecule has 0 amide bonds. The predicted octanol–water partition coefficient (Wildman–Crippen LogP) is 2.50. The summed E-state index contributed by atoms with van der Waals surface area (Å²) in [5, 5.41) is 7.18. The molecule has 1 aliphatic heterocycles. The monoisotopic (exact) mass is 286 g/mol. The summed E-state index contributed by atoms with van der Waals surface area (Å²) in [6.45, 7) is 5.21. The minimum atomic E-state index is 0.637. The van der Waals surface area contributed by atoms with E-state index in [0.29, 0.717) is 5.92 Å². The number of nitrogens with zero attached hydrogens (tertiary/aromatic N) is 3. The van der Waals surface area contributed by atoms with Crippen molar-refractivity contribution in [2.75, 3.05) is 20.2 Å². The molecule has 1 N–H and O–H groups in total. The van der Waals surface area contributed by atoms with Crippen LogP contribution in [0.25, 0.3) is 0 Å². The van der Waals surface area contributed by atoms with Gasteiger partial charge in [0.15, 0.2) is 0 Å². The van der Waals surface area contributed by atoms with Crippen LogP contribution in [0.2, 0.25) is 0 Å². The van der Waals surface area contributed by atoms with Gasteiger partial charge in [0.1, 0.15) is 5.75 Å². The van der Waals surface area contributed by atoms with Crippen molar-refractivity contribution in [2.45, 2.75) is 32.2 Å². The fourth-order valence-corrected chi connectivity index (χ4v) is 3.07. The molecule has 0 aliphatic carbocycles. The molecule has 3 rings (SSSR count). The number of pyridine rings is 1. The minimum Gasteiger partial charge on any atom is -0.497 e. The van der Waals surface area contributed by atoms with Crippen molar-refractivity contribution in [1.29, 1.82) is 0 Å². The summed E-state index contributed by atoms with van der Waals surface area (Å²) in [5.74, 6) is 1.52. The molecule has 5 heteroatoms. The van der Waals surface area contributed by atoms with Gasteiger partial charge in [-0.2, -0.15) is 5.10 Å². The number of aromatic nitrogens is 3. The van der Waals surface area contributed by atoms with Crippen LogP contribution in [-0.2, 0) is 6.54 Å². The lowest BCUT2D eigenvalue weighted by molar-refractivity contribution is 0.202. The van der Waals surface area contributed by atoms with E-state index in [1.807, 2.05) is 24.5 Å². The molecule has 0 unspecified atom stereocenters. The Morgan fingerprint density at radius 3 is 2.86 bits per heavy atom. The second kappa shape index (κ2) is 6.26. The Hall–Kier alpha value is -1.88. The Morgan fingerprint density at radius 1 is 1.38 bits per heavy atom. The van der Waals surface area contributed by atoms with Gasteiger partial charge in [-0.3, -0.25) is 15.0 Å². The highest BCUT2D eigenvalue weighted by Crippen LogP contribution is 2.29. The smallest absolute Gasteiger partial charge is 0.122 e. The first kappa shape index (κ1) is 14.1. The van der Waals surface area contributed by atoms with Crippen molar-refractivity contribution >= 4 is 0 Å². The largest absolute Gasteiger partial charge is 0.497 e. The van der Waals surface area contributed by atoms with Crippen LogP contribution in [0.3, 0.4) is 0 Å². The van der Waals surface area contributed by atoms with Crippen molar-refractivity contribution in [3.05, 3.63) is 41.5 Å². The minimum absolute atomic E-state index is 0.637. The molecule has 1 fully saturated rings. The molecular formula is C16H22N4O. The first-order chi connectivity index (χ1) is 10.3. The van der Waals surface area contributed by atoms with Crippen LogP contribution in [0.4, 0.5) is 0 Å². The Bertz CT molecular complexity index is 587. The van der Waals surface area contributed by atoms with E-state index in [2.05, 4.69) is 27.0 Å². The molecular weight excluding hydrogens is 264 g/mol. The number of likely N-dealkylation sites (tertiary alicyclic amines) is 1. The van der Waals surface area contributed by atoms with Crippen molar-refractivity contribution in [3.8, 4) is 5.75 Å². The van der Waals surface area contributed by atoms with E-state index < -0.39 is 0 Å². The maximum atomic E-state index is 5.25. The van der Waals surface area contributed by atoms with Crippen molar-refractivity contribution in [1.82, 2.24) is 20.1 Å². The van der Waals surface area contributed by atoms with E-state index in [9.17, 15) is 0 Å². The Kier molecular flexibility index (Phi) is 4.20. The number of nitrogens with one attached hydrogen (secondary N) is 1. The van der Waals surface area contributed by atoms with Gasteiger partial charge in [-0.25, -0.2) is 0 Å². The maximum Gasteiger partial charge on any atom is 0.122 e. The molecule has 0 aromatic carbocycles. The van der Waals surface area contributed by atoms with E-state index in [4.69, 9.17) is 4.74 Å². The second-order valence-electron chi connectivity index (χ2n) is 5.69. The van der Waals surface area contributed by atoms with Gasteiger partial charge in [-0.15, -0.1) is 0 Å². The Balaban J connectivity index is 1.57. The molecule has 0 spiro atoms. The van der Waals surface area contributed by atoms with Crippen molar-refractivity contribution in [3.63, 3.8) is 0 Å². The first-order valence-corrected chi connectivity index (χ1v) is 7.47. The van der Waals surface area contributed by atoms with E-state index in [1.165, 1.54) is 24.1 Å². The molecule has 0 saturated carbocycles. The average molecular weight is 286 g/mol. The van der Waals surface area contributed by atoms with Crippen LogP contribution in [0, 0.1) is 6.92 Å². The number of aryl methyl sites for hydroxylation is 1. The van der Waals surface area contributed by atoms with Gasteiger partial charge in [0.2, 0.25) is 0 Å². The number of methoxy groups -OCH3 is 1. The van der Waals surface area contributed by atoms with E-state index in [1.54, 1.807) is 7.11 Å². The molecule has 5 nitrogen and oxygen atoms in total. The number of hydrogen-bond acceptors (Lipinski definition) is 4. The summed E-state index contributed by atoms with van der Waals surface area (Å²) in [4.78, 5) is 6.89. The van der Waals surface area contributed by atoms with Gasteiger partial charge in [0.05, 0.1) is 19.0 Å². The summed E-state index contributed by atoms with van der Waals surface area (Å²) in [7, 11) is 1.69. The van der Waals surface area contributed by atoms with E-state index >= 15 is 0 Å². The van der Waals surface area contributed by atoms with Crippen LogP contribution < -0.4 is 4.74 Å². The van der Waals surface area contributed by atoms with Gasteiger partial charge >= 0.3 is 0 Å². The number of H-pyrrole nitrogens is 1. The number of aromatic amines is 1. The molecule has 0 radical (unpaired) electrons. The zero-order valence-electron chi connectivity index (χ0n) is 12.7. The predicted molar refractivity (Wildman–Crippen MR) is 81.4 cm³/mol. The lowest BCUT2D eigenvalue weighted by Crippen LogP contribution is -2.32. The number of rotatable bonds is 4. The zero-order chi connectivity index (χ0) is 14.7. The highest BCUT2D eigenvalue weighted by atomic mass is 16.5. The van der Waals surface area contributed by atoms with Crippen LogP contribution in [0.5, 0.6) is 5.75 Å². The zero-order valence-corrected chi connectivity index (χ0v) is 12.7. The third-order valence-corrected chi connectivity index (χ3v) is 4.31. The molecule has 0 bridgehead atoms. The Morgan fingerprint density at radius 2 is 2.19 bits per heavy atom. The first-order valence-electron chi connectivity index (χ1n) is 7.47. The van der Waals surface area contributed by atoms with Gasteiger partial charge in [0, 0.05) is 24.5 Å². The van der Waals surface area contributed by atoms with Gasteiger partial charge < -0.3 is 4.74 Å². The number of piperidine rings is 1. The van der Waals surface area contributed by atoms with Crippen LogP contribution in [-0.4, -0.2) is 40.3 Å². The number of hydrogen-bond donors (Lipinski definition) is 1. The average Bonchev–Trinajstić information content (AvgIpc) is 2.94. The fraction of sp³-hybridized carbons (Fsp3) is 0.500. The quantitative estimate of drug-likeness (QED) is 0.938. The molecule has 1 aliphatic rings. The van der Waals surface area contributed by atoms with Crippen LogP contribution in [0.1, 0.15) is 35.7 Å². The fourth-order valence-electron chi connectivity index (χ4n) is 3.07. The summed E-state index contributed by atoms with van der Waals surface area (Å²) in [6, 6.07) is 3.91. The molecule has 0 atom stereocenters. The topological polar surface area (TPSA) is 54.0 Å². The second-order valence-corrected chi connectivity index (χ2v) is 5.69. The summed E-state index contributed by atoms with van der Waals surface area (Å²) in [6.07, 6.45) is 6.17. The van der Waals surface area contributed by atoms with Crippen molar-refractivity contribution < 1.29 is 4.74 Å². The van der Waals surface area contributed by atoms with Gasteiger partial charge in [-0.05, 0) is 50.4 Å². The highest BCUT2D eigenvalue weighted by molar-refractivity contribution is 5.23. The lowest BCUT2D eigenvalue weighted by atomic mass is 9.90. The van der Waals surface area contributed by atoms with Gasteiger partial charge in [0.25, 0.3) is 0 Å². The molecule has 1 saturated heterocycles. The molecule has 2 aromatic rings. The lowest BCUT2D eigenvalue weighted by Gasteiger charge is -2.31. The van der Waals surface area contributed by atoms with Gasteiger partial charge in [-0.1, -0.05) is 0 Å². The van der Waals surface area contributed by atoms with E-state index in [-0.39, 0.29) is 0 Å². The normalized spacial score (nSPS) is 17.0. The molecule has 21 heavy (non-hydrogen) atoms. The standard InChI is InChI=1S/C16H22N4O/c1-12-16(10-18-19-12)13-4-7-20(8-5-13)11-14-9-15(21-2)3-6-17-14/h3,6,9-10,13H,4-5,7-8,11H2,1-2H3,(H,18,19). The highest BCUT2D eigenvalue weighted by Gasteiger charge is 2.22.